The normalized spacial score (nSPS) is 21.2. The van der Waals surface area contributed by atoms with Gasteiger partial charge in [0.2, 0.25) is 0 Å². The van der Waals surface area contributed by atoms with E-state index in [1.54, 1.807) is 6.26 Å². The molecule has 0 bridgehead atoms. The predicted molar refractivity (Wildman–Crippen MR) is 107 cm³/mol. The summed E-state index contributed by atoms with van der Waals surface area (Å²) in [5.41, 5.74) is -0.445. The molecule has 148 valence electrons. The number of carbonyl (C=O) groups is 1. The molecule has 0 spiro atoms. The van der Waals surface area contributed by atoms with Gasteiger partial charge in [0.05, 0.1) is 6.10 Å². The Morgan fingerprint density at radius 1 is 1.20 bits per heavy atom. The molecule has 1 aliphatic rings. The van der Waals surface area contributed by atoms with Gasteiger partial charge in [0.15, 0.2) is 0 Å². The molecular formula is C19H38N2O3S. The zero-order valence-corrected chi connectivity index (χ0v) is 18.2. The lowest BCUT2D eigenvalue weighted by molar-refractivity contribution is -0.151. The average Bonchev–Trinajstić information content (AvgIpc) is 2.92. The molecule has 1 aliphatic heterocycles. The Bertz CT molecular complexity index is 552. The molecule has 1 amide bonds. The largest absolute Gasteiger partial charge is 0.363 e. The number of carbonyl (C=O) groups excluding carboxylic acids is 1. The molecule has 1 heterocycles. The van der Waals surface area contributed by atoms with E-state index in [0.29, 0.717) is 0 Å². The minimum atomic E-state index is -2.46. The molecule has 0 aromatic carbocycles. The molecule has 3 atom stereocenters. The van der Waals surface area contributed by atoms with Gasteiger partial charge in [-0.3, -0.25) is 9.00 Å². The van der Waals surface area contributed by atoms with Crippen LogP contribution in [0.5, 0.6) is 0 Å². The highest BCUT2D eigenvalue weighted by atomic mass is 32.2. The number of nitrogens with zero attached hydrogens (tertiary/aromatic N) is 2. The summed E-state index contributed by atoms with van der Waals surface area (Å²) in [5.74, 6) is 3.85. The predicted octanol–water partition coefficient (Wildman–Crippen LogP) is 2.79. The van der Waals surface area contributed by atoms with E-state index in [1.165, 1.54) is 0 Å². The summed E-state index contributed by atoms with van der Waals surface area (Å²) < 4.78 is 20.8. The molecule has 6 heteroatoms. The number of likely N-dealkylation sites (tertiary alicyclic amines) is 1. The van der Waals surface area contributed by atoms with Crippen LogP contribution >= 0.6 is 0 Å². The van der Waals surface area contributed by atoms with E-state index >= 15 is 0 Å². The minimum Gasteiger partial charge on any atom is -0.363 e. The van der Waals surface area contributed by atoms with Crippen LogP contribution < -0.4 is 0 Å². The number of ether oxygens (including phenoxy) is 1. The Hall–Kier alpha value is -0.590. The maximum absolute atomic E-state index is 13.1. The van der Waals surface area contributed by atoms with Crippen LogP contribution in [0.1, 0.15) is 61.3 Å². The molecule has 0 aromatic rings. The quantitative estimate of drug-likeness (QED) is 0.672. The monoisotopic (exact) mass is 374 g/mol. The third-order valence-corrected chi connectivity index (χ3v) is 6.46. The molecule has 25 heavy (non-hydrogen) atoms. The van der Waals surface area contributed by atoms with Crippen molar-refractivity contribution in [2.24, 2.45) is 5.41 Å². The summed E-state index contributed by atoms with van der Waals surface area (Å²) in [4.78, 5) is 14.9. The first-order valence-electron chi connectivity index (χ1n) is 9.18. The van der Waals surface area contributed by atoms with Gasteiger partial charge in [0.1, 0.15) is 6.10 Å². The zero-order chi connectivity index (χ0) is 19.6. The molecule has 1 fully saturated rings. The van der Waals surface area contributed by atoms with Crippen molar-refractivity contribution < 1.29 is 13.7 Å². The summed E-state index contributed by atoms with van der Waals surface area (Å²) >= 11 is 0. The summed E-state index contributed by atoms with van der Waals surface area (Å²) in [6.45, 7) is 16.1. The molecule has 1 rings (SSSR count). The number of hydrogen-bond acceptors (Lipinski definition) is 3. The van der Waals surface area contributed by atoms with Gasteiger partial charge in [-0.25, -0.2) is 4.31 Å². The van der Waals surface area contributed by atoms with Gasteiger partial charge in [-0.2, -0.15) is 0 Å². The molecule has 0 aromatic heterocycles. The van der Waals surface area contributed by atoms with Crippen molar-refractivity contribution in [1.29, 1.82) is 0 Å². The first kappa shape index (κ1) is 22.5. The van der Waals surface area contributed by atoms with Gasteiger partial charge < -0.3 is 9.64 Å². The molecule has 0 aliphatic carbocycles. The molecule has 0 saturated carbocycles. The maximum atomic E-state index is 13.1. The zero-order valence-electron chi connectivity index (χ0n) is 17.4. The summed E-state index contributed by atoms with van der Waals surface area (Å²) in [6.07, 6.45) is 2.98. The van der Waals surface area contributed by atoms with Gasteiger partial charge in [0, 0.05) is 41.1 Å². The third kappa shape index (κ3) is 6.57. The van der Waals surface area contributed by atoms with Crippen molar-refractivity contribution in [2.75, 3.05) is 25.9 Å². The van der Waals surface area contributed by atoms with Crippen LogP contribution in [0.4, 0.5) is 0 Å². The Balaban J connectivity index is 3.09. The van der Waals surface area contributed by atoms with E-state index in [4.69, 9.17) is 4.74 Å². The number of rotatable bonds is 6. The highest BCUT2D eigenvalue weighted by Crippen LogP contribution is 2.26. The highest BCUT2D eigenvalue weighted by Gasteiger charge is 2.37. The summed E-state index contributed by atoms with van der Waals surface area (Å²) in [6, 6.07) is 0. The van der Waals surface area contributed by atoms with Crippen LogP contribution in [0, 0.1) is 5.41 Å². The van der Waals surface area contributed by atoms with E-state index in [-0.39, 0.29) is 29.5 Å². The number of hydrogen-bond donors (Lipinski definition) is 0. The Kier molecular flexibility index (Phi) is 7.16. The van der Waals surface area contributed by atoms with Gasteiger partial charge in [0.25, 0.3) is 5.91 Å². The van der Waals surface area contributed by atoms with Gasteiger partial charge in [-0.15, -0.1) is 0 Å². The molecule has 5 nitrogen and oxygen atoms in total. The van der Waals surface area contributed by atoms with E-state index in [2.05, 4.69) is 26.6 Å². The van der Waals surface area contributed by atoms with Crippen LogP contribution in [0.3, 0.4) is 0 Å². The lowest BCUT2D eigenvalue weighted by Gasteiger charge is -2.40. The third-order valence-electron chi connectivity index (χ3n) is 4.83. The molecule has 0 radical (unpaired) electrons. The molecule has 1 saturated heterocycles. The second kappa shape index (κ2) is 7.97. The molecule has 0 N–H and O–H groups in total. The van der Waals surface area contributed by atoms with Crippen molar-refractivity contribution in [3.63, 3.8) is 0 Å². The van der Waals surface area contributed by atoms with Crippen LogP contribution in [-0.4, -0.2) is 68.8 Å². The lowest BCUT2D eigenvalue weighted by atomic mass is 9.90. The average molecular weight is 375 g/mol. The highest BCUT2D eigenvalue weighted by molar-refractivity contribution is 7.97. The second-order valence-corrected chi connectivity index (χ2v) is 11.7. The first-order valence-corrected chi connectivity index (χ1v) is 11.3. The van der Waals surface area contributed by atoms with E-state index in [0.717, 1.165) is 25.9 Å². The fourth-order valence-electron chi connectivity index (χ4n) is 2.93. The Labute approximate surface area is 155 Å². The van der Waals surface area contributed by atoms with Crippen LogP contribution in [0.2, 0.25) is 0 Å². The van der Waals surface area contributed by atoms with Gasteiger partial charge in [-0.1, -0.05) is 20.8 Å². The Morgan fingerprint density at radius 3 is 2.04 bits per heavy atom. The second-order valence-electron chi connectivity index (χ2n) is 9.36. The van der Waals surface area contributed by atoms with Crippen molar-refractivity contribution in [3.8, 4) is 0 Å². The molecular weight excluding hydrogens is 336 g/mol. The van der Waals surface area contributed by atoms with E-state index in [1.807, 2.05) is 36.9 Å². The minimum absolute atomic E-state index is 0.00602. The van der Waals surface area contributed by atoms with Crippen molar-refractivity contribution in [2.45, 2.75) is 79.1 Å². The maximum Gasteiger partial charge on any atom is 0.253 e. The fraction of sp³-hybridized carbons (Fsp3) is 0.895. The molecule has 3 unspecified atom stereocenters. The van der Waals surface area contributed by atoms with Crippen LogP contribution in [0.15, 0.2) is 0 Å². The summed E-state index contributed by atoms with van der Waals surface area (Å²) in [7, 11) is -2.46. The number of amides is 1. The van der Waals surface area contributed by atoms with Crippen LogP contribution in [0.25, 0.3) is 0 Å². The van der Waals surface area contributed by atoms with Crippen molar-refractivity contribution in [3.05, 3.63) is 0 Å². The van der Waals surface area contributed by atoms with Gasteiger partial charge in [-0.05, 0) is 51.8 Å². The standard InChI is InChI=1S/C19H38N2O3S/c1-15(18(2,3)4)24-16(17(22)20-12-10-11-13-20)14-21(19(5,6)7)25(8,9)23/h15-16H,8,10-14H2,1-7,9H3. The fourth-order valence-corrected chi connectivity index (χ4v) is 4.54. The van der Waals surface area contributed by atoms with Gasteiger partial charge >= 0.3 is 0 Å². The summed E-state index contributed by atoms with van der Waals surface area (Å²) in [5, 5.41) is 0. The van der Waals surface area contributed by atoms with E-state index in [9.17, 15) is 9.00 Å². The van der Waals surface area contributed by atoms with Crippen LogP contribution in [-0.2, 0) is 19.2 Å². The Morgan fingerprint density at radius 2 is 1.68 bits per heavy atom. The van der Waals surface area contributed by atoms with Crippen molar-refractivity contribution in [1.82, 2.24) is 9.21 Å². The van der Waals surface area contributed by atoms with E-state index < -0.39 is 15.8 Å². The topological polar surface area (TPSA) is 49.9 Å². The SMILES string of the molecule is C=S(C)(=O)N(CC(OC(C)C(C)(C)C)C(=O)N1CCCC1)C(C)(C)C. The first-order chi connectivity index (χ1) is 11.1. The van der Waals surface area contributed by atoms with Crippen molar-refractivity contribution >= 4 is 21.5 Å². The lowest BCUT2D eigenvalue weighted by Crippen LogP contribution is -2.54. The smallest absolute Gasteiger partial charge is 0.253 e.